The van der Waals surface area contributed by atoms with Crippen molar-refractivity contribution in [1.82, 2.24) is 10.5 Å². The van der Waals surface area contributed by atoms with Crippen LogP contribution >= 0.6 is 0 Å². The zero-order valence-corrected chi connectivity index (χ0v) is 12.1. The number of anilines is 1. The van der Waals surface area contributed by atoms with Crippen LogP contribution in [0.2, 0.25) is 0 Å². The fourth-order valence-electron chi connectivity index (χ4n) is 2.62. The number of aromatic nitrogens is 1. The van der Waals surface area contributed by atoms with Crippen LogP contribution in [0, 0.1) is 18.8 Å². The number of amides is 1. The number of hydrogen-bond donors (Lipinski definition) is 3. The largest absolute Gasteiger partial charge is 0.481 e. The van der Waals surface area contributed by atoms with Gasteiger partial charge in [0.1, 0.15) is 5.76 Å². The number of nitrogens with zero attached hydrogens (tertiary/aromatic N) is 1. The first-order valence-corrected chi connectivity index (χ1v) is 7.21. The Bertz CT molecular complexity index is 492. The van der Waals surface area contributed by atoms with Crippen LogP contribution < -0.4 is 10.6 Å². The van der Waals surface area contributed by atoms with Gasteiger partial charge in [0, 0.05) is 6.07 Å². The highest BCUT2D eigenvalue weighted by Gasteiger charge is 2.25. The minimum Gasteiger partial charge on any atom is -0.481 e. The SMILES string of the molecule is Cc1cc(NC(=O)CNCC2CCC(C(=O)O)CC2)no1. The Morgan fingerprint density at radius 1 is 1.38 bits per heavy atom. The number of carboxylic acids is 1. The maximum absolute atomic E-state index is 11.7. The van der Waals surface area contributed by atoms with Crippen molar-refractivity contribution in [3.05, 3.63) is 11.8 Å². The maximum atomic E-state index is 11.7. The minimum atomic E-state index is -0.691. The molecule has 2 rings (SSSR count). The van der Waals surface area contributed by atoms with E-state index >= 15 is 0 Å². The Morgan fingerprint density at radius 2 is 2.10 bits per heavy atom. The molecule has 3 N–H and O–H groups in total. The van der Waals surface area contributed by atoms with Crippen LogP contribution in [0.15, 0.2) is 10.6 Å². The van der Waals surface area contributed by atoms with Gasteiger partial charge in [0.15, 0.2) is 5.82 Å². The van der Waals surface area contributed by atoms with E-state index in [1.165, 1.54) is 0 Å². The van der Waals surface area contributed by atoms with Gasteiger partial charge in [-0.05, 0) is 45.1 Å². The van der Waals surface area contributed by atoms with Crippen LogP contribution in [-0.2, 0) is 9.59 Å². The highest BCUT2D eigenvalue weighted by molar-refractivity contribution is 5.91. The van der Waals surface area contributed by atoms with E-state index in [-0.39, 0.29) is 18.4 Å². The lowest BCUT2D eigenvalue weighted by atomic mass is 9.82. The molecule has 21 heavy (non-hydrogen) atoms. The van der Waals surface area contributed by atoms with Crippen LogP contribution in [0.5, 0.6) is 0 Å². The third-order valence-corrected chi connectivity index (χ3v) is 3.81. The molecule has 0 saturated heterocycles. The molecule has 1 fully saturated rings. The van der Waals surface area contributed by atoms with Gasteiger partial charge in [-0.3, -0.25) is 9.59 Å². The van der Waals surface area contributed by atoms with Crippen molar-refractivity contribution in [2.24, 2.45) is 11.8 Å². The second-order valence-corrected chi connectivity index (χ2v) is 5.56. The minimum absolute atomic E-state index is 0.164. The van der Waals surface area contributed by atoms with E-state index in [0.29, 0.717) is 17.5 Å². The van der Waals surface area contributed by atoms with E-state index in [1.54, 1.807) is 13.0 Å². The van der Waals surface area contributed by atoms with Gasteiger partial charge < -0.3 is 20.3 Å². The molecule has 0 radical (unpaired) electrons. The molecule has 7 heteroatoms. The van der Waals surface area contributed by atoms with Crippen LogP contribution in [0.4, 0.5) is 5.82 Å². The number of nitrogens with one attached hydrogen (secondary N) is 2. The Balaban J connectivity index is 1.61. The quantitative estimate of drug-likeness (QED) is 0.733. The van der Waals surface area contributed by atoms with E-state index < -0.39 is 5.97 Å². The van der Waals surface area contributed by atoms with Crippen LogP contribution in [0.25, 0.3) is 0 Å². The summed E-state index contributed by atoms with van der Waals surface area (Å²) in [5.41, 5.74) is 0. The smallest absolute Gasteiger partial charge is 0.306 e. The van der Waals surface area contributed by atoms with Gasteiger partial charge in [-0.25, -0.2) is 0 Å². The highest BCUT2D eigenvalue weighted by atomic mass is 16.5. The topological polar surface area (TPSA) is 104 Å². The van der Waals surface area contributed by atoms with Crippen molar-refractivity contribution in [2.75, 3.05) is 18.4 Å². The van der Waals surface area contributed by atoms with E-state index in [4.69, 9.17) is 9.63 Å². The standard InChI is InChI=1S/C14H21N3O4/c1-9-6-12(17-21-9)16-13(18)8-15-7-10-2-4-11(5-3-10)14(19)20/h6,10-11,15H,2-5,7-8H2,1H3,(H,19,20)(H,16,17,18). The first-order chi connectivity index (χ1) is 10.0. The van der Waals surface area contributed by atoms with Gasteiger partial charge in [0.05, 0.1) is 12.5 Å². The summed E-state index contributed by atoms with van der Waals surface area (Å²) >= 11 is 0. The third-order valence-electron chi connectivity index (χ3n) is 3.81. The summed E-state index contributed by atoms with van der Waals surface area (Å²) in [6, 6.07) is 1.66. The molecule has 1 aliphatic rings. The van der Waals surface area contributed by atoms with E-state index in [0.717, 1.165) is 32.2 Å². The summed E-state index contributed by atoms with van der Waals surface area (Å²) in [6.07, 6.45) is 3.25. The predicted octanol–water partition coefficient (Wildman–Crippen LogP) is 1.40. The van der Waals surface area contributed by atoms with Crippen molar-refractivity contribution < 1.29 is 19.2 Å². The lowest BCUT2D eigenvalue weighted by molar-refractivity contribution is -0.143. The zero-order valence-electron chi connectivity index (χ0n) is 12.1. The van der Waals surface area contributed by atoms with Crippen molar-refractivity contribution in [1.29, 1.82) is 0 Å². The van der Waals surface area contributed by atoms with Crippen molar-refractivity contribution in [2.45, 2.75) is 32.6 Å². The Hall–Kier alpha value is -1.89. The summed E-state index contributed by atoms with van der Waals surface area (Å²) in [5.74, 6) is 0.462. The average Bonchev–Trinajstić information content (AvgIpc) is 2.84. The number of rotatable bonds is 6. The van der Waals surface area contributed by atoms with Gasteiger partial charge in [-0.2, -0.15) is 0 Å². The van der Waals surface area contributed by atoms with Gasteiger partial charge in [0.25, 0.3) is 0 Å². The molecule has 0 bridgehead atoms. The summed E-state index contributed by atoms with van der Waals surface area (Å²) in [4.78, 5) is 22.5. The highest BCUT2D eigenvalue weighted by Crippen LogP contribution is 2.28. The number of aryl methyl sites for hydroxylation is 1. The first kappa shape index (κ1) is 15.5. The summed E-state index contributed by atoms with van der Waals surface area (Å²) in [5, 5.41) is 18.4. The Kier molecular flexibility index (Phi) is 5.32. The molecule has 1 heterocycles. The van der Waals surface area contributed by atoms with E-state index in [2.05, 4.69) is 15.8 Å². The molecule has 1 aromatic rings. The van der Waals surface area contributed by atoms with Gasteiger partial charge >= 0.3 is 5.97 Å². The average molecular weight is 295 g/mol. The van der Waals surface area contributed by atoms with E-state index in [9.17, 15) is 9.59 Å². The fourth-order valence-corrected chi connectivity index (χ4v) is 2.62. The first-order valence-electron chi connectivity index (χ1n) is 7.21. The summed E-state index contributed by atoms with van der Waals surface area (Å²) in [7, 11) is 0. The van der Waals surface area contributed by atoms with Crippen molar-refractivity contribution in [3.63, 3.8) is 0 Å². The molecule has 0 spiro atoms. The molecule has 1 amide bonds. The summed E-state index contributed by atoms with van der Waals surface area (Å²) in [6.45, 7) is 2.71. The second-order valence-electron chi connectivity index (χ2n) is 5.56. The van der Waals surface area contributed by atoms with Crippen LogP contribution in [0.3, 0.4) is 0 Å². The maximum Gasteiger partial charge on any atom is 0.306 e. The normalized spacial score (nSPS) is 22.0. The van der Waals surface area contributed by atoms with Gasteiger partial charge in [-0.1, -0.05) is 5.16 Å². The molecule has 1 saturated carbocycles. The predicted molar refractivity (Wildman–Crippen MR) is 75.8 cm³/mol. The molecule has 1 aromatic heterocycles. The molecule has 0 aliphatic heterocycles. The molecule has 0 aromatic carbocycles. The Morgan fingerprint density at radius 3 is 2.67 bits per heavy atom. The number of carboxylic acid groups (broad SMARTS) is 1. The zero-order chi connectivity index (χ0) is 15.2. The fraction of sp³-hybridized carbons (Fsp3) is 0.643. The second kappa shape index (κ2) is 7.21. The monoisotopic (exact) mass is 295 g/mol. The number of hydrogen-bond acceptors (Lipinski definition) is 5. The third kappa shape index (κ3) is 4.86. The molecule has 0 atom stereocenters. The molecule has 7 nitrogen and oxygen atoms in total. The lowest BCUT2D eigenvalue weighted by Crippen LogP contribution is -2.33. The number of aliphatic carboxylic acids is 1. The van der Waals surface area contributed by atoms with Crippen molar-refractivity contribution >= 4 is 17.7 Å². The summed E-state index contributed by atoms with van der Waals surface area (Å²) < 4.78 is 4.86. The Labute approximate surface area is 123 Å². The van der Waals surface area contributed by atoms with E-state index in [1.807, 2.05) is 0 Å². The lowest BCUT2D eigenvalue weighted by Gasteiger charge is -2.26. The van der Waals surface area contributed by atoms with Gasteiger partial charge in [-0.15, -0.1) is 0 Å². The number of carbonyl (C=O) groups excluding carboxylic acids is 1. The van der Waals surface area contributed by atoms with Crippen LogP contribution in [0.1, 0.15) is 31.4 Å². The molecule has 116 valence electrons. The van der Waals surface area contributed by atoms with Crippen molar-refractivity contribution in [3.8, 4) is 0 Å². The molecular weight excluding hydrogens is 274 g/mol. The molecule has 1 aliphatic carbocycles. The number of carbonyl (C=O) groups is 2. The molecular formula is C14H21N3O4. The van der Waals surface area contributed by atoms with Crippen LogP contribution in [-0.4, -0.2) is 35.2 Å². The molecule has 0 unspecified atom stereocenters. The van der Waals surface area contributed by atoms with Gasteiger partial charge in [0.2, 0.25) is 5.91 Å².